The minimum Gasteiger partial charge on any atom is -0.463 e. The predicted molar refractivity (Wildman–Crippen MR) is 153 cm³/mol. The molecule has 0 amide bonds. The first-order valence-corrected chi connectivity index (χ1v) is 14.2. The highest BCUT2D eigenvalue weighted by Gasteiger charge is 2.34. The summed E-state index contributed by atoms with van der Waals surface area (Å²) in [5.41, 5.74) is 2.17. The number of hydrogen-bond donors (Lipinski definition) is 0. The van der Waals surface area contributed by atoms with Gasteiger partial charge >= 0.3 is 11.9 Å². The molecule has 214 valence electrons. The van der Waals surface area contributed by atoms with Crippen molar-refractivity contribution in [2.75, 3.05) is 20.0 Å². The molecule has 0 aliphatic carbocycles. The Bertz CT molecular complexity index is 1930. The summed E-state index contributed by atoms with van der Waals surface area (Å²) in [6, 6.07) is 15.0. The first-order valence-electron chi connectivity index (χ1n) is 13.3. The monoisotopic (exact) mass is 586 g/mol. The number of allylic oxidation sites excluding steroid dienone is 1. The normalized spacial score (nSPS) is 15.8. The van der Waals surface area contributed by atoms with E-state index in [-0.39, 0.29) is 31.1 Å². The molecule has 0 unspecified atom stereocenters. The zero-order valence-corrected chi connectivity index (χ0v) is 23.9. The number of nitrogens with zero attached hydrogens (tertiary/aromatic N) is 2. The molecular weight excluding hydrogens is 560 g/mol. The van der Waals surface area contributed by atoms with Crippen LogP contribution in [0.4, 0.5) is 0 Å². The second-order valence-electron chi connectivity index (χ2n) is 9.42. The van der Waals surface area contributed by atoms with E-state index in [4.69, 9.17) is 23.4 Å². The van der Waals surface area contributed by atoms with Gasteiger partial charge in [-0.15, -0.1) is 0 Å². The standard InChI is InChI=1S/C31H26N2O8S/c1-4-37-29(35)20-8-6-7-18(13-20)22-12-10-21(41-22)15-25-28(34)33-27(19-9-11-23-24(14-19)40-16-39-23)26(30(36)38-5-2)17(3)32-31(33)42-25/h6-15,27H,4-5,16H2,1-3H3/b25-15-/t27-/m0/s1. The number of hydrogen-bond acceptors (Lipinski definition) is 10. The van der Waals surface area contributed by atoms with E-state index in [2.05, 4.69) is 4.99 Å². The van der Waals surface area contributed by atoms with Crippen molar-refractivity contribution in [3.05, 3.63) is 102 Å². The van der Waals surface area contributed by atoms with E-state index in [1.165, 1.54) is 15.9 Å². The Kier molecular flexibility index (Phi) is 7.26. The zero-order chi connectivity index (χ0) is 29.4. The summed E-state index contributed by atoms with van der Waals surface area (Å²) < 4.78 is 29.4. The van der Waals surface area contributed by atoms with Crippen molar-refractivity contribution in [2.45, 2.75) is 26.8 Å². The molecule has 0 spiro atoms. The van der Waals surface area contributed by atoms with Crippen molar-refractivity contribution in [1.29, 1.82) is 0 Å². The maximum absolute atomic E-state index is 13.9. The van der Waals surface area contributed by atoms with Gasteiger partial charge in [-0.1, -0.05) is 29.5 Å². The van der Waals surface area contributed by atoms with Crippen molar-refractivity contribution in [3.8, 4) is 22.8 Å². The van der Waals surface area contributed by atoms with Gasteiger partial charge in [0.2, 0.25) is 6.79 Å². The lowest BCUT2D eigenvalue weighted by Crippen LogP contribution is -2.39. The SMILES string of the molecule is CCOC(=O)C1=C(C)N=c2s/c(=C\c3ccc(-c4cccc(C(=O)OCC)c4)o3)c(=O)n2[C@H]1c1ccc2c(c1)OCO2. The van der Waals surface area contributed by atoms with Gasteiger partial charge < -0.3 is 23.4 Å². The number of benzene rings is 2. The Morgan fingerprint density at radius 3 is 2.62 bits per heavy atom. The molecule has 1 atom stereocenters. The molecular formula is C31H26N2O8S. The summed E-state index contributed by atoms with van der Waals surface area (Å²) in [6.45, 7) is 5.76. The average molecular weight is 587 g/mol. The molecule has 2 aromatic heterocycles. The van der Waals surface area contributed by atoms with Crippen molar-refractivity contribution >= 4 is 29.4 Å². The van der Waals surface area contributed by atoms with Crippen LogP contribution in [0.15, 0.2) is 80.1 Å². The summed E-state index contributed by atoms with van der Waals surface area (Å²) in [4.78, 5) is 44.2. The summed E-state index contributed by atoms with van der Waals surface area (Å²) in [6.07, 6.45) is 1.64. The predicted octanol–water partition coefficient (Wildman–Crippen LogP) is 3.96. The summed E-state index contributed by atoms with van der Waals surface area (Å²) in [7, 11) is 0. The lowest BCUT2D eigenvalue weighted by Gasteiger charge is -2.24. The molecule has 4 aromatic rings. The highest BCUT2D eigenvalue weighted by atomic mass is 32.1. The molecule has 2 aliphatic rings. The van der Waals surface area contributed by atoms with E-state index in [0.717, 1.165) is 0 Å². The van der Waals surface area contributed by atoms with Gasteiger partial charge in [0.1, 0.15) is 11.5 Å². The Balaban J connectivity index is 1.42. The Labute approximate surface area is 243 Å². The van der Waals surface area contributed by atoms with Crippen LogP contribution in [0, 0.1) is 0 Å². The quantitative estimate of drug-likeness (QED) is 0.299. The first-order chi connectivity index (χ1) is 20.4. The fraction of sp³-hybridized carbons (Fsp3) is 0.226. The molecule has 2 aliphatic heterocycles. The van der Waals surface area contributed by atoms with Crippen LogP contribution in [0.2, 0.25) is 0 Å². The van der Waals surface area contributed by atoms with Gasteiger partial charge in [-0.25, -0.2) is 14.6 Å². The van der Waals surface area contributed by atoms with Crippen molar-refractivity contribution in [2.24, 2.45) is 4.99 Å². The van der Waals surface area contributed by atoms with Crippen LogP contribution in [0.1, 0.15) is 48.5 Å². The number of fused-ring (bicyclic) bond motifs is 2. The van der Waals surface area contributed by atoms with Crippen LogP contribution in [0.25, 0.3) is 17.4 Å². The summed E-state index contributed by atoms with van der Waals surface area (Å²) in [5, 5.41) is 0. The second kappa shape index (κ2) is 11.2. The zero-order valence-electron chi connectivity index (χ0n) is 23.0. The average Bonchev–Trinajstić information content (AvgIpc) is 3.72. The van der Waals surface area contributed by atoms with Crippen LogP contribution in [0.3, 0.4) is 0 Å². The molecule has 0 fully saturated rings. The molecule has 10 nitrogen and oxygen atoms in total. The van der Waals surface area contributed by atoms with Crippen LogP contribution in [-0.4, -0.2) is 36.5 Å². The third-order valence-electron chi connectivity index (χ3n) is 6.79. The molecule has 4 heterocycles. The third kappa shape index (κ3) is 4.92. The van der Waals surface area contributed by atoms with Crippen LogP contribution >= 0.6 is 11.3 Å². The number of esters is 2. The highest BCUT2D eigenvalue weighted by molar-refractivity contribution is 7.07. The molecule has 0 radical (unpaired) electrons. The van der Waals surface area contributed by atoms with Gasteiger partial charge in [-0.2, -0.15) is 0 Å². The topological polar surface area (TPSA) is 119 Å². The van der Waals surface area contributed by atoms with E-state index in [1.807, 2.05) is 6.07 Å². The number of furan rings is 1. The molecule has 42 heavy (non-hydrogen) atoms. The third-order valence-corrected chi connectivity index (χ3v) is 7.77. The maximum atomic E-state index is 13.9. The summed E-state index contributed by atoms with van der Waals surface area (Å²) in [5.74, 6) is 1.13. The van der Waals surface area contributed by atoms with Gasteiger partial charge in [0, 0.05) is 11.6 Å². The summed E-state index contributed by atoms with van der Waals surface area (Å²) >= 11 is 1.19. The minimum atomic E-state index is -0.783. The molecule has 0 saturated carbocycles. The smallest absolute Gasteiger partial charge is 0.338 e. The second-order valence-corrected chi connectivity index (χ2v) is 10.4. The molecule has 0 saturated heterocycles. The number of rotatable bonds is 7. The molecule has 2 aromatic carbocycles. The minimum absolute atomic E-state index is 0.0966. The number of carbonyl (C=O) groups excluding carboxylic acids is 2. The van der Waals surface area contributed by atoms with Crippen molar-refractivity contribution < 1.29 is 33.0 Å². The molecule has 0 bridgehead atoms. The van der Waals surface area contributed by atoms with Crippen LogP contribution in [-0.2, 0) is 14.3 Å². The van der Waals surface area contributed by atoms with Crippen molar-refractivity contribution in [3.63, 3.8) is 0 Å². The number of ether oxygens (including phenoxy) is 4. The van der Waals surface area contributed by atoms with Crippen LogP contribution < -0.4 is 24.4 Å². The fourth-order valence-corrected chi connectivity index (χ4v) is 5.95. The lowest BCUT2D eigenvalue weighted by atomic mass is 9.95. The van der Waals surface area contributed by atoms with Crippen molar-refractivity contribution in [1.82, 2.24) is 4.57 Å². The molecule has 11 heteroatoms. The van der Waals surface area contributed by atoms with Gasteiger partial charge in [-0.05, 0) is 62.7 Å². The molecule has 6 rings (SSSR count). The van der Waals surface area contributed by atoms with E-state index < -0.39 is 18.0 Å². The Hall–Kier alpha value is -4.90. The van der Waals surface area contributed by atoms with E-state index in [9.17, 15) is 14.4 Å². The number of carbonyl (C=O) groups is 2. The van der Waals surface area contributed by atoms with E-state index >= 15 is 0 Å². The largest absolute Gasteiger partial charge is 0.463 e. The number of thiazole rings is 1. The number of aromatic nitrogens is 1. The lowest BCUT2D eigenvalue weighted by molar-refractivity contribution is -0.139. The Morgan fingerprint density at radius 1 is 1.02 bits per heavy atom. The molecule has 0 N–H and O–H groups in total. The van der Waals surface area contributed by atoms with Gasteiger partial charge in [0.05, 0.1) is 40.6 Å². The van der Waals surface area contributed by atoms with E-state index in [1.54, 1.807) is 75.4 Å². The van der Waals surface area contributed by atoms with Gasteiger partial charge in [-0.3, -0.25) is 9.36 Å². The first kappa shape index (κ1) is 27.3. The fourth-order valence-electron chi connectivity index (χ4n) is 4.92. The highest BCUT2D eigenvalue weighted by Crippen LogP contribution is 2.38. The van der Waals surface area contributed by atoms with E-state index in [0.29, 0.717) is 54.7 Å². The maximum Gasteiger partial charge on any atom is 0.338 e. The van der Waals surface area contributed by atoms with Gasteiger partial charge in [0.25, 0.3) is 5.56 Å². The van der Waals surface area contributed by atoms with Crippen LogP contribution in [0.5, 0.6) is 11.5 Å². The Morgan fingerprint density at radius 2 is 1.81 bits per heavy atom. The van der Waals surface area contributed by atoms with Gasteiger partial charge in [0.15, 0.2) is 16.3 Å².